The Morgan fingerprint density at radius 1 is 0.900 bits per heavy atom. The summed E-state index contributed by atoms with van der Waals surface area (Å²) in [6, 6.07) is 15.2. The molecule has 8 nitrogen and oxygen atoms in total. The van der Waals surface area contributed by atoms with E-state index in [0.29, 0.717) is 25.3 Å². The molecule has 30 heavy (non-hydrogen) atoms. The van der Waals surface area contributed by atoms with E-state index in [-0.39, 0.29) is 29.8 Å². The van der Waals surface area contributed by atoms with Gasteiger partial charge in [-0.3, -0.25) is 4.79 Å². The van der Waals surface area contributed by atoms with Gasteiger partial charge in [-0.25, -0.2) is 13.2 Å². The van der Waals surface area contributed by atoms with Gasteiger partial charge in [-0.05, 0) is 42.7 Å². The van der Waals surface area contributed by atoms with Crippen molar-refractivity contribution in [2.24, 2.45) is 0 Å². The number of nitrogens with one attached hydrogen (secondary N) is 3. The average molecular weight is 431 g/mol. The number of rotatable bonds is 8. The quantitative estimate of drug-likeness (QED) is 0.597. The van der Waals surface area contributed by atoms with Gasteiger partial charge in [-0.2, -0.15) is 4.31 Å². The third kappa shape index (κ3) is 6.04. The van der Waals surface area contributed by atoms with Gasteiger partial charge < -0.3 is 16.0 Å². The molecule has 1 heterocycles. The second-order valence-corrected chi connectivity index (χ2v) is 8.97. The van der Waals surface area contributed by atoms with E-state index in [1.54, 1.807) is 36.4 Å². The van der Waals surface area contributed by atoms with E-state index in [0.717, 1.165) is 18.4 Å². The van der Waals surface area contributed by atoms with Gasteiger partial charge in [-0.1, -0.05) is 30.3 Å². The molecule has 1 aliphatic heterocycles. The third-order valence-electron chi connectivity index (χ3n) is 4.79. The Bertz CT molecular complexity index is 956. The SMILES string of the molecule is O=C(CCNC(=O)Nc1ccccc1)NCc1ccc(S(=O)(=O)N2CCCC2)cc1. The molecule has 0 bridgehead atoms. The minimum Gasteiger partial charge on any atom is -0.352 e. The number of benzene rings is 2. The Kier molecular flexibility index (Phi) is 7.42. The van der Waals surface area contributed by atoms with Crippen molar-refractivity contribution < 1.29 is 18.0 Å². The molecule has 0 aliphatic carbocycles. The molecule has 2 aromatic rings. The molecule has 2 aromatic carbocycles. The summed E-state index contributed by atoms with van der Waals surface area (Å²) in [5.74, 6) is -0.205. The molecule has 160 valence electrons. The lowest BCUT2D eigenvalue weighted by Crippen LogP contribution is -2.33. The summed E-state index contributed by atoms with van der Waals surface area (Å²) in [5.41, 5.74) is 1.48. The molecule has 3 rings (SSSR count). The molecule has 0 aromatic heterocycles. The Morgan fingerprint density at radius 3 is 2.23 bits per heavy atom. The van der Waals surface area contributed by atoms with Gasteiger partial charge in [0.25, 0.3) is 0 Å². The number of sulfonamides is 1. The number of carbonyl (C=O) groups is 2. The normalized spacial score (nSPS) is 14.3. The van der Waals surface area contributed by atoms with Crippen LogP contribution >= 0.6 is 0 Å². The molecule has 0 unspecified atom stereocenters. The maximum absolute atomic E-state index is 12.5. The molecule has 3 amide bonds. The van der Waals surface area contributed by atoms with Crippen LogP contribution in [-0.4, -0.2) is 44.3 Å². The summed E-state index contributed by atoms with van der Waals surface area (Å²) < 4.78 is 26.5. The van der Waals surface area contributed by atoms with E-state index in [1.165, 1.54) is 4.31 Å². The molecule has 9 heteroatoms. The standard InChI is InChI=1S/C21H26N4O4S/c26-20(12-13-22-21(27)24-18-6-2-1-3-7-18)23-16-17-8-10-19(11-9-17)30(28,29)25-14-4-5-15-25/h1-3,6-11H,4-5,12-16H2,(H,23,26)(H2,22,24,27). The van der Waals surface area contributed by atoms with Crippen molar-refractivity contribution in [2.75, 3.05) is 25.0 Å². The molecular formula is C21H26N4O4S. The highest BCUT2D eigenvalue weighted by Gasteiger charge is 2.26. The Hall–Kier alpha value is -2.91. The van der Waals surface area contributed by atoms with E-state index in [2.05, 4.69) is 16.0 Å². The number of anilines is 1. The maximum atomic E-state index is 12.5. The monoisotopic (exact) mass is 430 g/mol. The number of para-hydroxylation sites is 1. The fraction of sp³-hybridized carbons (Fsp3) is 0.333. The zero-order chi connectivity index (χ0) is 21.4. The molecule has 1 aliphatic rings. The number of hydrogen-bond acceptors (Lipinski definition) is 4. The summed E-state index contributed by atoms with van der Waals surface area (Å²) >= 11 is 0. The minimum atomic E-state index is -3.43. The number of carbonyl (C=O) groups excluding carboxylic acids is 2. The second kappa shape index (κ2) is 10.2. The largest absolute Gasteiger partial charge is 0.352 e. The third-order valence-corrected chi connectivity index (χ3v) is 6.70. The molecule has 0 spiro atoms. The number of nitrogens with zero attached hydrogens (tertiary/aromatic N) is 1. The topological polar surface area (TPSA) is 108 Å². The van der Waals surface area contributed by atoms with E-state index in [4.69, 9.17) is 0 Å². The zero-order valence-corrected chi connectivity index (χ0v) is 17.5. The van der Waals surface area contributed by atoms with Crippen LogP contribution in [0.3, 0.4) is 0 Å². The number of amides is 3. The highest BCUT2D eigenvalue weighted by atomic mass is 32.2. The molecule has 0 atom stereocenters. The highest BCUT2D eigenvalue weighted by molar-refractivity contribution is 7.89. The van der Waals surface area contributed by atoms with Gasteiger partial charge in [0.15, 0.2) is 0 Å². The van der Waals surface area contributed by atoms with Crippen LogP contribution in [0.25, 0.3) is 0 Å². The maximum Gasteiger partial charge on any atom is 0.319 e. The van der Waals surface area contributed by atoms with Crippen LogP contribution in [0.4, 0.5) is 10.5 Å². The van der Waals surface area contributed by atoms with Crippen molar-refractivity contribution in [2.45, 2.75) is 30.7 Å². The first-order valence-electron chi connectivity index (χ1n) is 9.91. The lowest BCUT2D eigenvalue weighted by Gasteiger charge is -2.15. The summed E-state index contributed by atoms with van der Waals surface area (Å²) in [6.07, 6.45) is 1.93. The Balaban J connectivity index is 1.39. The van der Waals surface area contributed by atoms with Crippen LogP contribution in [0.5, 0.6) is 0 Å². The Labute approximate surface area is 176 Å². The molecular weight excluding hydrogens is 404 g/mol. The van der Waals surface area contributed by atoms with Gasteiger partial charge in [-0.15, -0.1) is 0 Å². The predicted molar refractivity (Wildman–Crippen MR) is 114 cm³/mol. The fourth-order valence-corrected chi connectivity index (χ4v) is 4.65. The Morgan fingerprint density at radius 2 is 1.57 bits per heavy atom. The van der Waals surface area contributed by atoms with Crippen molar-refractivity contribution in [3.8, 4) is 0 Å². The molecule has 1 saturated heterocycles. The van der Waals surface area contributed by atoms with Crippen LogP contribution in [0.1, 0.15) is 24.8 Å². The van der Waals surface area contributed by atoms with Crippen LogP contribution in [-0.2, 0) is 21.4 Å². The van der Waals surface area contributed by atoms with E-state index >= 15 is 0 Å². The van der Waals surface area contributed by atoms with Crippen molar-refractivity contribution >= 4 is 27.6 Å². The van der Waals surface area contributed by atoms with Crippen molar-refractivity contribution in [3.63, 3.8) is 0 Å². The summed E-state index contributed by atoms with van der Waals surface area (Å²) in [6.45, 7) is 1.63. The zero-order valence-electron chi connectivity index (χ0n) is 16.6. The van der Waals surface area contributed by atoms with E-state index < -0.39 is 10.0 Å². The lowest BCUT2D eigenvalue weighted by molar-refractivity contribution is -0.121. The van der Waals surface area contributed by atoms with Crippen molar-refractivity contribution in [1.29, 1.82) is 0 Å². The molecule has 0 radical (unpaired) electrons. The summed E-state index contributed by atoms with van der Waals surface area (Å²) in [7, 11) is -3.43. The molecule has 3 N–H and O–H groups in total. The fourth-order valence-electron chi connectivity index (χ4n) is 3.13. The smallest absolute Gasteiger partial charge is 0.319 e. The van der Waals surface area contributed by atoms with Gasteiger partial charge in [0, 0.05) is 38.3 Å². The van der Waals surface area contributed by atoms with Crippen LogP contribution < -0.4 is 16.0 Å². The van der Waals surface area contributed by atoms with Crippen molar-refractivity contribution in [1.82, 2.24) is 14.9 Å². The van der Waals surface area contributed by atoms with Crippen LogP contribution in [0.15, 0.2) is 59.5 Å². The summed E-state index contributed by atoms with van der Waals surface area (Å²) in [4.78, 5) is 24.0. The van der Waals surface area contributed by atoms with Gasteiger partial charge >= 0.3 is 6.03 Å². The van der Waals surface area contributed by atoms with Crippen LogP contribution in [0, 0.1) is 0 Å². The molecule has 0 saturated carbocycles. The first-order valence-corrected chi connectivity index (χ1v) is 11.3. The second-order valence-electron chi connectivity index (χ2n) is 7.03. The number of hydrogen-bond donors (Lipinski definition) is 3. The van der Waals surface area contributed by atoms with E-state index in [1.807, 2.05) is 18.2 Å². The minimum absolute atomic E-state index is 0.142. The highest BCUT2D eigenvalue weighted by Crippen LogP contribution is 2.21. The summed E-state index contributed by atoms with van der Waals surface area (Å²) in [5, 5.41) is 8.07. The van der Waals surface area contributed by atoms with Gasteiger partial charge in [0.1, 0.15) is 0 Å². The van der Waals surface area contributed by atoms with Crippen LogP contribution in [0.2, 0.25) is 0 Å². The molecule has 1 fully saturated rings. The first-order chi connectivity index (χ1) is 14.4. The van der Waals surface area contributed by atoms with E-state index in [9.17, 15) is 18.0 Å². The van der Waals surface area contributed by atoms with Gasteiger partial charge in [0.2, 0.25) is 15.9 Å². The van der Waals surface area contributed by atoms with Gasteiger partial charge in [0.05, 0.1) is 4.90 Å². The number of urea groups is 1. The van der Waals surface area contributed by atoms with Crippen molar-refractivity contribution in [3.05, 3.63) is 60.2 Å². The first kappa shape index (κ1) is 21.8. The lowest BCUT2D eigenvalue weighted by atomic mass is 10.2. The average Bonchev–Trinajstić information content (AvgIpc) is 3.29. The predicted octanol–water partition coefficient (Wildman–Crippen LogP) is 2.30.